The number of pyridine rings is 1. The first-order valence-corrected chi connectivity index (χ1v) is 7.68. The van der Waals surface area contributed by atoms with E-state index in [-0.39, 0.29) is 11.4 Å². The molecule has 0 aliphatic carbocycles. The molecular formula is C16H21NOS. The molecule has 0 aliphatic heterocycles. The summed E-state index contributed by atoms with van der Waals surface area (Å²) in [5.41, 5.74) is 2.18. The molecule has 0 amide bonds. The highest BCUT2D eigenvalue weighted by molar-refractivity contribution is 8.00. The molecule has 1 heterocycles. The molecule has 0 saturated heterocycles. The van der Waals surface area contributed by atoms with Crippen LogP contribution in [0.3, 0.4) is 0 Å². The lowest BCUT2D eigenvalue weighted by Gasteiger charge is -2.19. The SMILES string of the molecule is C[C@H](Cc1ccc2ccccc2n1)S[C@H](C)[C@H](C)O. The Morgan fingerprint density at radius 3 is 2.58 bits per heavy atom. The number of benzene rings is 1. The standard InChI is InChI=1S/C16H21NOS/c1-11(19-13(3)12(2)18)10-15-9-8-14-6-4-5-7-16(14)17-15/h4-9,11-13,18H,10H2,1-3H3/t11-,12+,13-/m1/s1. The fraction of sp³-hybridized carbons (Fsp3) is 0.438. The number of hydrogen-bond acceptors (Lipinski definition) is 3. The number of aliphatic hydroxyl groups is 1. The molecule has 3 atom stereocenters. The minimum Gasteiger partial charge on any atom is -0.392 e. The highest BCUT2D eigenvalue weighted by atomic mass is 32.2. The Hall–Kier alpha value is -1.06. The van der Waals surface area contributed by atoms with Gasteiger partial charge in [0.2, 0.25) is 0 Å². The second-order valence-electron chi connectivity index (χ2n) is 5.09. The van der Waals surface area contributed by atoms with Gasteiger partial charge in [-0.25, -0.2) is 0 Å². The van der Waals surface area contributed by atoms with Gasteiger partial charge in [0.05, 0.1) is 11.6 Å². The molecule has 0 fully saturated rings. The number of thioether (sulfide) groups is 1. The van der Waals surface area contributed by atoms with Crippen molar-refractivity contribution in [1.82, 2.24) is 4.98 Å². The molecule has 0 saturated carbocycles. The Kier molecular flexibility index (Phi) is 4.83. The second kappa shape index (κ2) is 6.40. The van der Waals surface area contributed by atoms with Gasteiger partial charge in [-0.05, 0) is 19.1 Å². The fourth-order valence-corrected chi connectivity index (χ4v) is 3.27. The van der Waals surface area contributed by atoms with E-state index in [1.165, 1.54) is 5.39 Å². The third kappa shape index (κ3) is 3.95. The van der Waals surface area contributed by atoms with Gasteiger partial charge >= 0.3 is 0 Å². The number of aliphatic hydroxyl groups excluding tert-OH is 1. The Bertz CT molecular complexity index is 541. The van der Waals surface area contributed by atoms with E-state index in [4.69, 9.17) is 4.98 Å². The molecule has 2 nitrogen and oxygen atoms in total. The minimum absolute atomic E-state index is 0.260. The topological polar surface area (TPSA) is 33.1 Å². The van der Waals surface area contributed by atoms with Crippen LogP contribution in [-0.2, 0) is 6.42 Å². The van der Waals surface area contributed by atoms with Gasteiger partial charge in [0, 0.05) is 28.0 Å². The van der Waals surface area contributed by atoms with Crippen molar-refractivity contribution in [2.45, 2.75) is 43.8 Å². The van der Waals surface area contributed by atoms with Gasteiger partial charge < -0.3 is 5.11 Å². The van der Waals surface area contributed by atoms with Crippen LogP contribution in [0.1, 0.15) is 26.5 Å². The molecule has 0 unspecified atom stereocenters. The fourth-order valence-electron chi connectivity index (χ4n) is 2.04. The molecule has 1 aromatic heterocycles. The van der Waals surface area contributed by atoms with Gasteiger partial charge in [0.25, 0.3) is 0 Å². The highest BCUT2D eigenvalue weighted by Gasteiger charge is 2.14. The lowest BCUT2D eigenvalue weighted by molar-refractivity contribution is 0.196. The average Bonchev–Trinajstić information content (AvgIpc) is 2.38. The quantitative estimate of drug-likeness (QED) is 0.904. The number of hydrogen-bond donors (Lipinski definition) is 1. The summed E-state index contributed by atoms with van der Waals surface area (Å²) in [6.45, 7) is 6.11. The molecule has 0 aliphatic rings. The molecule has 1 N–H and O–H groups in total. The molecule has 0 bridgehead atoms. The maximum atomic E-state index is 9.54. The number of fused-ring (bicyclic) bond motifs is 1. The molecule has 102 valence electrons. The molecule has 2 rings (SSSR count). The van der Waals surface area contributed by atoms with Crippen molar-refractivity contribution in [3.05, 3.63) is 42.1 Å². The number of nitrogens with zero attached hydrogens (tertiary/aromatic N) is 1. The number of para-hydroxylation sites is 1. The van der Waals surface area contributed by atoms with Crippen LogP contribution in [0, 0.1) is 0 Å². The van der Waals surface area contributed by atoms with Crippen LogP contribution in [0.2, 0.25) is 0 Å². The van der Waals surface area contributed by atoms with Crippen LogP contribution in [0.4, 0.5) is 0 Å². The molecule has 0 radical (unpaired) electrons. The molecule has 19 heavy (non-hydrogen) atoms. The number of rotatable bonds is 5. The smallest absolute Gasteiger partial charge is 0.0705 e. The zero-order valence-electron chi connectivity index (χ0n) is 11.7. The minimum atomic E-state index is -0.267. The van der Waals surface area contributed by atoms with Crippen LogP contribution < -0.4 is 0 Å². The van der Waals surface area contributed by atoms with E-state index in [2.05, 4.69) is 38.1 Å². The monoisotopic (exact) mass is 275 g/mol. The van der Waals surface area contributed by atoms with E-state index in [9.17, 15) is 5.11 Å². The first kappa shape index (κ1) is 14.4. The van der Waals surface area contributed by atoms with E-state index in [1.54, 1.807) is 0 Å². The van der Waals surface area contributed by atoms with E-state index < -0.39 is 0 Å². The van der Waals surface area contributed by atoms with Crippen molar-refractivity contribution in [2.75, 3.05) is 0 Å². The van der Waals surface area contributed by atoms with E-state index in [0.717, 1.165) is 17.6 Å². The molecule has 1 aromatic carbocycles. The second-order valence-corrected chi connectivity index (χ2v) is 6.91. The summed E-state index contributed by atoms with van der Waals surface area (Å²) in [5.74, 6) is 0. The van der Waals surface area contributed by atoms with Crippen LogP contribution in [0.25, 0.3) is 10.9 Å². The summed E-state index contributed by atoms with van der Waals surface area (Å²) in [4.78, 5) is 4.69. The predicted octanol–water partition coefficient (Wildman–Crippen LogP) is 3.67. The summed E-state index contributed by atoms with van der Waals surface area (Å²) in [6, 6.07) is 12.4. The van der Waals surface area contributed by atoms with Crippen molar-refractivity contribution in [3.8, 4) is 0 Å². The van der Waals surface area contributed by atoms with Gasteiger partial charge in [0.1, 0.15) is 0 Å². The maximum absolute atomic E-state index is 9.54. The summed E-state index contributed by atoms with van der Waals surface area (Å²) in [6.07, 6.45) is 0.670. The van der Waals surface area contributed by atoms with Gasteiger partial charge in [0.15, 0.2) is 0 Å². The first-order valence-electron chi connectivity index (χ1n) is 6.74. The van der Waals surface area contributed by atoms with Crippen LogP contribution in [0.15, 0.2) is 36.4 Å². The van der Waals surface area contributed by atoms with Crippen LogP contribution in [0.5, 0.6) is 0 Å². The number of aromatic nitrogens is 1. The summed E-state index contributed by atoms with van der Waals surface area (Å²) >= 11 is 1.82. The first-order chi connectivity index (χ1) is 9.06. The highest BCUT2D eigenvalue weighted by Crippen LogP contribution is 2.23. The van der Waals surface area contributed by atoms with Crippen molar-refractivity contribution in [2.24, 2.45) is 0 Å². The summed E-state index contributed by atoms with van der Waals surface area (Å²) in [7, 11) is 0. The van der Waals surface area contributed by atoms with Gasteiger partial charge in [-0.1, -0.05) is 38.1 Å². The van der Waals surface area contributed by atoms with Crippen LogP contribution >= 0.6 is 11.8 Å². The van der Waals surface area contributed by atoms with Crippen molar-refractivity contribution in [1.29, 1.82) is 0 Å². The summed E-state index contributed by atoms with van der Waals surface area (Å²) in [5, 5.41) is 11.4. The van der Waals surface area contributed by atoms with Crippen LogP contribution in [-0.4, -0.2) is 26.7 Å². The van der Waals surface area contributed by atoms with E-state index in [0.29, 0.717) is 5.25 Å². The largest absolute Gasteiger partial charge is 0.392 e. The zero-order valence-corrected chi connectivity index (χ0v) is 12.5. The van der Waals surface area contributed by atoms with Gasteiger partial charge in [-0.2, -0.15) is 11.8 Å². The van der Waals surface area contributed by atoms with Crippen molar-refractivity contribution in [3.63, 3.8) is 0 Å². The van der Waals surface area contributed by atoms with Crippen molar-refractivity contribution >= 4 is 22.7 Å². The lowest BCUT2D eigenvalue weighted by atomic mass is 10.1. The average molecular weight is 275 g/mol. The third-order valence-electron chi connectivity index (χ3n) is 3.28. The molecular weight excluding hydrogens is 254 g/mol. The summed E-state index contributed by atoms with van der Waals surface area (Å²) < 4.78 is 0. The normalized spacial score (nSPS) is 16.2. The van der Waals surface area contributed by atoms with Crippen molar-refractivity contribution < 1.29 is 5.11 Å². The zero-order chi connectivity index (χ0) is 13.8. The third-order valence-corrected chi connectivity index (χ3v) is 4.73. The molecule has 0 spiro atoms. The Labute approximate surface area is 119 Å². The van der Waals surface area contributed by atoms with Gasteiger partial charge in [-0.3, -0.25) is 4.98 Å². The molecule has 3 heteroatoms. The molecule has 2 aromatic rings. The van der Waals surface area contributed by atoms with Gasteiger partial charge in [-0.15, -0.1) is 0 Å². The Balaban J connectivity index is 2.04. The predicted molar refractivity (Wildman–Crippen MR) is 83.6 cm³/mol. The Morgan fingerprint density at radius 1 is 1.11 bits per heavy atom. The lowest BCUT2D eigenvalue weighted by Crippen LogP contribution is -2.19. The van der Waals surface area contributed by atoms with E-state index >= 15 is 0 Å². The maximum Gasteiger partial charge on any atom is 0.0705 e. The van der Waals surface area contributed by atoms with E-state index in [1.807, 2.05) is 30.8 Å². The Morgan fingerprint density at radius 2 is 1.84 bits per heavy atom.